The molecule has 1 heterocycles. The molecule has 1 N–H and O–H groups in total. The van der Waals surface area contributed by atoms with Crippen LogP contribution in [0.25, 0.3) is 0 Å². The average Bonchev–Trinajstić information content (AvgIpc) is 2.64. The Morgan fingerprint density at radius 2 is 1.95 bits per heavy atom. The Bertz CT molecular complexity index is 368. The van der Waals surface area contributed by atoms with Crippen LogP contribution in [-0.2, 0) is 13.0 Å². The van der Waals surface area contributed by atoms with Gasteiger partial charge in [-0.3, -0.25) is 4.68 Å². The van der Waals surface area contributed by atoms with E-state index in [1.807, 2.05) is 0 Å². The number of hydrogen-bond donors (Lipinski definition) is 1. The molecule has 0 fully saturated rings. The summed E-state index contributed by atoms with van der Waals surface area (Å²) < 4.78 is 2.19. The maximum atomic E-state index is 4.69. The molecule has 1 aromatic heterocycles. The Morgan fingerprint density at radius 3 is 2.58 bits per heavy atom. The lowest BCUT2D eigenvalue weighted by Gasteiger charge is -2.13. The summed E-state index contributed by atoms with van der Waals surface area (Å²) in [6.45, 7) is 14.4. The van der Waals surface area contributed by atoms with Crippen molar-refractivity contribution in [2.75, 3.05) is 13.1 Å². The van der Waals surface area contributed by atoms with Crippen molar-refractivity contribution in [3.63, 3.8) is 0 Å². The van der Waals surface area contributed by atoms with E-state index in [2.05, 4.69) is 44.6 Å². The van der Waals surface area contributed by atoms with Gasteiger partial charge in [-0.05, 0) is 57.7 Å². The highest BCUT2D eigenvalue weighted by Crippen LogP contribution is 2.18. The van der Waals surface area contributed by atoms with Crippen molar-refractivity contribution in [1.82, 2.24) is 15.1 Å². The highest BCUT2D eigenvalue weighted by Gasteiger charge is 2.14. The highest BCUT2D eigenvalue weighted by atomic mass is 15.3. The van der Waals surface area contributed by atoms with Gasteiger partial charge in [0.1, 0.15) is 0 Å². The van der Waals surface area contributed by atoms with Crippen LogP contribution in [0.2, 0.25) is 0 Å². The summed E-state index contributed by atoms with van der Waals surface area (Å²) >= 11 is 0. The average molecular weight is 265 g/mol. The SMILES string of the molecule is CCCCn1nc(C)c(CC(C)CNCCC)c1C. The van der Waals surface area contributed by atoms with Crippen LogP contribution in [0.4, 0.5) is 0 Å². The van der Waals surface area contributed by atoms with Crippen molar-refractivity contribution >= 4 is 0 Å². The Morgan fingerprint density at radius 1 is 1.21 bits per heavy atom. The fraction of sp³-hybridized carbons (Fsp3) is 0.812. The van der Waals surface area contributed by atoms with Crippen LogP contribution < -0.4 is 5.32 Å². The third kappa shape index (κ3) is 4.98. The third-order valence-electron chi connectivity index (χ3n) is 3.73. The number of aryl methyl sites for hydroxylation is 2. The minimum Gasteiger partial charge on any atom is -0.316 e. The topological polar surface area (TPSA) is 29.9 Å². The molecule has 1 unspecified atom stereocenters. The molecule has 0 aliphatic carbocycles. The molecule has 0 spiro atoms. The van der Waals surface area contributed by atoms with Gasteiger partial charge in [0.25, 0.3) is 0 Å². The van der Waals surface area contributed by atoms with Crippen molar-refractivity contribution in [3.8, 4) is 0 Å². The van der Waals surface area contributed by atoms with Gasteiger partial charge in [0.15, 0.2) is 0 Å². The fourth-order valence-electron chi connectivity index (χ4n) is 2.50. The molecule has 1 aromatic rings. The van der Waals surface area contributed by atoms with Gasteiger partial charge in [-0.25, -0.2) is 0 Å². The van der Waals surface area contributed by atoms with Crippen molar-refractivity contribution in [3.05, 3.63) is 17.0 Å². The van der Waals surface area contributed by atoms with E-state index in [1.165, 1.54) is 36.2 Å². The van der Waals surface area contributed by atoms with Gasteiger partial charge in [-0.2, -0.15) is 5.10 Å². The molecule has 3 nitrogen and oxygen atoms in total. The quantitative estimate of drug-likeness (QED) is 0.693. The number of unbranched alkanes of at least 4 members (excludes halogenated alkanes) is 1. The Hall–Kier alpha value is -0.830. The first-order chi connectivity index (χ1) is 9.10. The molecular formula is C16H31N3. The lowest BCUT2D eigenvalue weighted by Crippen LogP contribution is -2.23. The van der Waals surface area contributed by atoms with E-state index in [1.54, 1.807) is 0 Å². The van der Waals surface area contributed by atoms with Crippen LogP contribution in [0.5, 0.6) is 0 Å². The van der Waals surface area contributed by atoms with E-state index < -0.39 is 0 Å². The number of hydrogen-bond acceptors (Lipinski definition) is 2. The van der Waals surface area contributed by atoms with Crippen LogP contribution >= 0.6 is 0 Å². The molecule has 0 aliphatic rings. The fourth-order valence-corrected chi connectivity index (χ4v) is 2.50. The maximum absolute atomic E-state index is 4.69. The van der Waals surface area contributed by atoms with Gasteiger partial charge in [0, 0.05) is 12.2 Å². The van der Waals surface area contributed by atoms with Gasteiger partial charge in [-0.15, -0.1) is 0 Å². The molecule has 0 aliphatic heterocycles. The number of aromatic nitrogens is 2. The Kier molecular flexibility index (Phi) is 7.14. The predicted molar refractivity (Wildman–Crippen MR) is 82.6 cm³/mol. The summed E-state index contributed by atoms with van der Waals surface area (Å²) in [5.41, 5.74) is 4.05. The van der Waals surface area contributed by atoms with E-state index in [-0.39, 0.29) is 0 Å². The standard InChI is InChI=1S/C16H31N3/c1-6-8-10-19-15(5)16(14(4)18-19)11-13(3)12-17-9-7-2/h13,17H,6-12H2,1-5H3. The zero-order valence-corrected chi connectivity index (χ0v) is 13.4. The van der Waals surface area contributed by atoms with Crippen LogP contribution in [0.15, 0.2) is 0 Å². The Labute approximate surface area is 118 Å². The van der Waals surface area contributed by atoms with Crippen molar-refractivity contribution in [2.45, 2.75) is 66.8 Å². The van der Waals surface area contributed by atoms with E-state index >= 15 is 0 Å². The molecule has 3 heteroatoms. The smallest absolute Gasteiger partial charge is 0.0628 e. The minimum atomic E-state index is 0.674. The van der Waals surface area contributed by atoms with Gasteiger partial charge in [0.05, 0.1) is 5.69 Å². The summed E-state index contributed by atoms with van der Waals surface area (Å²) in [6, 6.07) is 0. The molecule has 1 rings (SSSR count). The molecule has 1 atom stereocenters. The second-order valence-corrected chi connectivity index (χ2v) is 5.74. The zero-order valence-electron chi connectivity index (χ0n) is 13.4. The first kappa shape index (κ1) is 16.2. The second kappa shape index (κ2) is 8.36. The molecular weight excluding hydrogens is 234 g/mol. The van der Waals surface area contributed by atoms with Crippen LogP contribution in [0, 0.1) is 19.8 Å². The van der Waals surface area contributed by atoms with Gasteiger partial charge in [-0.1, -0.05) is 27.2 Å². The lowest BCUT2D eigenvalue weighted by molar-refractivity contribution is 0.507. The van der Waals surface area contributed by atoms with Crippen LogP contribution in [-0.4, -0.2) is 22.9 Å². The van der Waals surface area contributed by atoms with Crippen LogP contribution in [0.3, 0.4) is 0 Å². The number of nitrogens with zero attached hydrogens (tertiary/aromatic N) is 2. The second-order valence-electron chi connectivity index (χ2n) is 5.74. The zero-order chi connectivity index (χ0) is 14.3. The molecule has 0 amide bonds. The molecule has 0 saturated heterocycles. The molecule has 0 saturated carbocycles. The molecule has 0 radical (unpaired) electrons. The Balaban J connectivity index is 2.59. The maximum Gasteiger partial charge on any atom is 0.0628 e. The van der Waals surface area contributed by atoms with Crippen molar-refractivity contribution in [2.24, 2.45) is 5.92 Å². The number of rotatable bonds is 9. The third-order valence-corrected chi connectivity index (χ3v) is 3.73. The molecule has 0 aromatic carbocycles. The lowest BCUT2D eigenvalue weighted by atomic mass is 9.99. The summed E-state index contributed by atoms with van der Waals surface area (Å²) in [5, 5.41) is 8.20. The highest BCUT2D eigenvalue weighted by molar-refractivity contribution is 5.25. The predicted octanol–water partition coefficient (Wildman–Crippen LogP) is 3.48. The first-order valence-electron chi connectivity index (χ1n) is 7.83. The molecule has 0 bridgehead atoms. The van der Waals surface area contributed by atoms with Crippen LogP contribution in [0.1, 0.15) is 57.0 Å². The first-order valence-corrected chi connectivity index (χ1v) is 7.83. The van der Waals surface area contributed by atoms with E-state index in [9.17, 15) is 0 Å². The summed E-state index contributed by atoms with van der Waals surface area (Å²) in [6.07, 6.45) is 4.79. The largest absolute Gasteiger partial charge is 0.316 e. The molecule has 110 valence electrons. The van der Waals surface area contributed by atoms with Gasteiger partial charge in [0.2, 0.25) is 0 Å². The normalized spacial score (nSPS) is 12.9. The molecule has 19 heavy (non-hydrogen) atoms. The van der Waals surface area contributed by atoms with Crippen molar-refractivity contribution < 1.29 is 0 Å². The van der Waals surface area contributed by atoms with Gasteiger partial charge >= 0.3 is 0 Å². The summed E-state index contributed by atoms with van der Waals surface area (Å²) in [4.78, 5) is 0. The summed E-state index contributed by atoms with van der Waals surface area (Å²) in [7, 11) is 0. The minimum absolute atomic E-state index is 0.674. The van der Waals surface area contributed by atoms with Crippen molar-refractivity contribution in [1.29, 1.82) is 0 Å². The van der Waals surface area contributed by atoms with E-state index in [4.69, 9.17) is 5.10 Å². The monoisotopic (exact) mass is 265 g/mol. The van der Waals surface area contributed by atoms with Gasteiger partial charge < -0.3 is 5.32 Å². The number of nitrogens with one attached hydrogen (secondary N) is 1. The van der Waals surface area contributed by atoms with E-state index in [0.717, 1.165) is 26.1 Å². The van der Waals surface area contributed by atoms with E-state index in [0.29, 0.717) is 5.92 Å². The summed E-state index contributed by atoms with van der Waals surface area (Å²) in [5.74, 6) is 0.674.